The molecule has 0 atom stereocenters. The minimum atomic E-state index is -2.79. The zero-order valence-electron chi connectivity index (χ0n) is 15.9. The number of para-hydroxylation sites is 1. The second-order valence-corrected chi connectivity index (χ2v) is 7.23. The molecule has 1 aliphatic rings. The zero-order chi connectivity index (χ0) is 20.1. The molecular formula is C25H22F2O2. The predicted molar refractivity (Wildman–Crippen MR) is 110 cm³/mol. The number of alkyl halides is 2. The van der Waals surface area contributed by atoms with Crippen LogP contribution in [-0.2, 0) is 11.8 Å². The summed E-state index contributed by atoms with van der Waals surface area (Å²) in [6.45, 7) is -2.79. The lowest BCUT2D eigenvalue weighted by Gasteiger charge is -2.12. The number of allylic oxidation sites excluding steroid dienone is 2. The number of benzene rings is 3. The molecule has 0 bridgehead atoms. The number of halogens is 2. The number of hydrogen-bond acceptors (Lipinski definition) is 2. The second-order valence-electron chi connectivity index (χ2n) is 7.23. The molecule has 0 radical (unpaired) electrons. The predicted octanol–water partition coefficient (Wildman–Crippen LogP) is 6.91. The van der Waals surface area contributed by atoms with Gasteiger partial charge in [0.15, 0.2) is 0 Å². The summed E-state index contributed by atoms with van der Waals surface area (Å²) in [5, 5.41) is 0. The van der Waals surface area contributed by atoms with E-state index in [0.29, 0.717) is 0 Å². The van der Waals surface area contributed by atoms with Gasteiger partial charge in [0.25, 0.3) is 0 Å². The van der Waals surface area contributed by atoms with Crippen LogP contribution in [0.5, 0.6) is 17.2 Å². The van der Waals surface area contributed by atoms with E-state index in [1.807, 2.05) is 60.7 Å². The van der Waals surface area contributed by atoms with E-state index in [1.165, 1.54) is 5.56 Å². The molecule has 29 heavy (non-hydrogen) atoms. The maximum atomic E-state index is 12.3. The van der Waals surface area contributed by atoms with Crippen molar-refractivity contribution in [2.24, 2.45) is 0 Å². The van der Waals surface area contributed by atoms with Crippen LogP contribution >= 0.6 is 0 Å². The molecule has 0 saturated heterocycles. The summed E-state index contributed by atoms with van der Waals surface area (Å²) in [5.74, 6) is 1.83. The van der Waals surface area contributed by atoms with Crippen LogP contribution in [0.15, 0.2) is 91.0 Å². The third kappa shape index (κ3) is 5.02. The van der Waals surface area contributed by atoms with Gasteiger partial charge in [-0.1, -0.05) is 54.6 Å². The van der Waals surface area contributed by atoms with Gasteiger partial charge in [-0.25, -0.2) is 0 Å². The molecule has 1 saturated carbocycles. The van der Waals surface area contributed by atoms with Crippen molar-refractivity contribution < 1.29 is 18.3 Å². The second kappa shape index (κ2) is 8.48. The van der Waals surface area contributed by atoms with Crippen LogP contribution in [0.4, 0.5) is 8.78 Å². The van der Waals surface area contributed by atoms with Gasteiger partial charge in [0, 0.05) is 5.41 Å². The van der Waals surface area contributed by atoms with Gasteiger partial charge >= 0.3 is 6.61 Å². The van der Waals surface area contributed by atoms with Crippen molar-refractivity contribution in [1.82, 2.24) is 0 Å². The van der Waals surface area contributed by atoms with Gasteiger partial charge in [-0.3, -0.25) is 0 Å². The van der Waals surface area contributed by atoms with Crippen molar-refractivity contribution in [3.05, 3.63) is 102 Å². The Bertz CT molecular complexity index is 962. The summed E-state index contributed by atoms with van der Waals surface area (Å²) in [5.41, 5.74) is 2.32. The van der Waals surface area contributed by atoms with Gasteiger partial charge < -0.3 is 9.47 Å². The van der Waals surface area contributed by atoms with E-state index in [4.69, 9.17) is 4.74 Å². The van der Waals surface area contributed by atoms with Gasteiger partial charge in [-0.05, 0) is 66.8 Å². The van der Waals surface area contributed by atoms with E-state index >= 15 is 0 Å². The molecule has 0 N–H and O–H groups in total. The number of hydrogen-bond donors (Lipinski definition) is 0. The standard InChI is InChI=1S/C25H22F2O2/c26-24(27)29-22-13-11-20(12-14-22)25(16-17-25)15-5-7-19-6-4-10-23(18-19)28-21-8-2-1-3-9-21/h1-6,8-15,18,24H,7,16-17H2/b15-5+. The fourth-order valence-electron chi connectivity index (χ4n) is 3.44. The summed E-state index contributed by atoms with van der Waals surface area (Å²) >= 11 is 0. The summed E-state index contributed by atoms with van der Waals surface area (Å²) in [6.07, 6.45) is 7.35. The maximum Gasteiger partial charge on any atom is 0.387 e. The highest BCUT2D eigenvalue weighted by atomic mass is 19.3. The van der Waals surface area contributed by atoms with Crippen LogP contribution in [0.3, 0.4) is 0 Å². The smallest absolute Gasteiger partial charge is 0.387 e. The Hall–Kier alpha value is -3.14. The Kier molecular flexibility index (Phi) is 5.61. The van der Waals surface area contributed by atoms with Gasteiger partial charge in [0.1, 0.15) is 17.2 Å². The largest absolute Gasteiger partial charge is 0.457 e. The minimum Gasteiger partial charge on any atom is -0.457 e. The first-order valence-corrected chi connectivity index (χ1v) is 9.68. The van der Waals surface area contributed by atoms with Crippen molar-refractivity contribution in [3.63, 3.8) is 0 Å². The number of rotatable bonds is 8. The molecule has 3 aromatic rings. The molecular weight excluding hydrogens is 370 g/mol. The minimum absolute atomic E-state index is 0.0154. The third-order valence-corrected chi connectivity index (χ3v) is 5.11. The molecule has 1 fully saturated rings. The van der Waals surface area contributed by atoms with Gasteiger partial charge in [-0.2, -0.15) is 8.78 Å². The first-order chi connectivity index (χ1) is 14.1. The van der Waals surface area contributed by atoms with Crippen LogP contribution < -0.4 is 9.47 Å². The van der Waals surface area contributed by atoms with Gasteiger partial charge in [-0.15, -0.1) is 0 Å². The zero-order valence-corrected chi connectivity index (χ0v) is 15.9. The Morgan fingerprint density at radius 3 is 2.24 bits per heavy atom. The maximum absolute atomic E-state index is 12.3. The van der Waals surface area contributed by atoms with Gasteiger partial charge in [0.05, 0.1) is 0 Å². The van der Waals surface area contributed by atoms with E-state index < -0.39 is 6.61 Å². The van der Waals surface area contributed by atoms with Crippen LogP contribution in [0.1, 0.15) is 24.0 Å². The highest BCUT2D eigenvalue weighted by molar-refractivity contribution is 5.41. The fourth-order valence-corrected chi connectivity index (χ4v) is 3.44. The van der Waals surface area contributed by atoms with Gasteiger partial charge in [0.2, 0.25) is 0 Å². The molecule has 0 spiro atoms. The van der Waals surface area contributed by atoms with Crippen molar-refractivity contribution in [2.75, 3.05) is 0 Å². The van der Waals surface area contributed by atoms with Crippen LogP contribution in [0.25, 0.3) is 0 Å². The van der Waals surface area contributed by atoms with Crippen molar-refractivity contribution in [1.29, 1.82) is 0 Å². The Balaban J connectivity index is 1.39. The summed E-state index contributed by atoms with van der Waals surface area (Å²) < 4.78 is 34.9. The van der Waals surface area contributed by atoms with E-state index in [0.717, 1.165) is 36.3 Å². The average Bonchev–Trinajstić information content (AvgIpc) is 3.50. The van der Waals surface area contributed by atoms with Crippen molar-refractivity contribution in [2.45, 2.75) is 31.3 Å². The third-order valence-electron chi connectivity index (χ3n) is 5.11. The molecule has 0 aromatic heterocycles. The molecule has 4 rings (SSSR count). The first kappa shape index (κ1) is 19.2. The molecule has 4 heteroatoms. The molecule has 0 aliphatic heterocycles. The quantitative estimate of drug-likeness (QED) is 0.388. The highest BCUT2D eigenvalue weighted by Crippen LogP contribution is 2.49. The fraction of sp³-hybridized carbons (Fsp3) is 0.200. The first-order valence-electron chi connectivity index (χ1n) is 9.68. The van der Waals surface area contributed by atoms with E-state index in [9.17, 15) is 8.78 Å². The molecule has 0 heterocycles. The monoisotopic (exact) mass is 392 g/mol. The molecule has 1 aliphatic carbocycles. The highest BCUT2D eigenvalue weighted by Gasteiger charge is 2.41. The summed E-state index contributed by atoms with van der Waals surface area (Å²) in [7, 11) is 0. The lowest BCUT2D eigenvalue weighted by atomic mass is 9.94. The average molecular weight is 392 g/mol. The molecule has 148 valence electrons. The van der Waals surface area contributed by atoms with Crippen LogP contribution in [0.2, 0.25) is 0 Å². The normalized spacial score (nSPS) is 14.9. The number of ether oxygens (including phenoxy) is 2. The van der Waals surface area contributed by atoms with Crippen molar-refractivity contribution in [3.8, 4) is 17.2 Å². The topological polar surface area (TPSA) is 18.5 Å². The Labute approximate surface area is 169 Å². The summed E-state index contributed by atoms with van der Waals surface area (Å²) in [4.78, 5) is 0. The lowest BCUT2D eigenvalue weighted by Crippen LogP contribution is -2.04. The Morgan fingerprint density at radius 1 is 0.828 bits per heavy atom. The van der Waals surface area contributed by atoms with Crippen LogP contribution in [0, 0.1) is 0 Å². The van der Waals surface area contributed by atoms with Crippen LogP contribution in [-0.4, -0.2) is 6.61 Å². The van der Waals surface area contributed by atoms with E-state index in [1.54, 1.807) is 12.1 Å². The Morgan fingerprint density at radius 2 is 1.55 bits per heavy atom. The lowest BCUT2D eigenvalue weighted by molar-refractivity contribution is -0.0498. The molecule has 3 aromatic carbocycles. The van der Waals surface area contributed by atoms with Crippen molar-refractivity contribution >= 4 is 0 Å². The molecule has 0 amide bonds. The molecule has 0 unspecified atom stereocenters. The molecule has 2 nitrogen and oxygen atoms in total. The SMILES string of the molecule is FC(F)Oc1ccc(C2(/C=C/Cc3cccc(Oc4ccccc4)c3)CC2)cc1. The summed E-state index contributed by atoms with van der Waals surface area (Å²) in [6, 6.07) is 24.8. The van der Waals surface area contributed by atoms with E-state index in [-0.39, 0.29) is 11.2 Å². The van der Waals surface area contributed by atoms with E-state index in [2.05, 4.69) is 23.0 Å².